The fraction of sp³-hybridized carbons (Fsp3) is 0.846. The number of unbranched alkanes of at least 4 members (excludes halogenated alkanes) is 2. The number of carboxylic acid groups (broad SMARTS) is 2. The highest BCUT2D eigenvalue weighted by molar-refractivity contribution is 5.86. The van der Waals surface area contributed by atoms with E-state index in [9.17, 15) is 19.8 Å². The van der Waals surface area contributed by atoms with Crippen LogP contribution in [-0.2, 0) is 9.59 Å². The zero-order chi connectivity index (χ0) is 13.7. The lowest BCUT2D eigenvalue weighted by Crippen LogP contribution is -2.48. The monoisotopic (exact) mass is 244 g/mol. The molecule has 0 aliphatic rings. The molecule has 0 rings (SSSR count). The van der Waals surface area contributed by atoms with Crippen molar-refractivity contribution in [2.75, 3.05) is 0 Å². The van der Waals surface area contributed by atoms with Crippen LogP contribution in [0.15, 0.2) is 0 Å². The van der Waals surface area contributed by atoms with Crippen LogP contribution in [-0.4, -0.2) is 22.2 Å². The van der Waals surface area contributed by atoms with E-state index in [4.69, 9.17) is 0 Å². The Kier molecular flexibility index (Phi) is 5.66. The molecular formula is C13H24O4. The molecule has 17 heavy (non-hydrogen) atoms. The number of rotatable bonds is 8. The Hall–Kier alpha value is -1.06. The van der Waals surface area contributed by atoms with Gasteiger partial charge in [0.15, 0.2) is 0 Å². The lowest BCUT2D eigenvalue weighted by molar-refractivity contribution is -0.172. The molecule has 0 heterocycles. The molecule has 0 amide bonds. The second-order valence-corrected chi connectivity index (χ2v) is 5.09. The second kappa shape index (κ2) is 6.03. The largest absolute Gasteiger partial charge is 0.481 e. The molecular weight excluding hydrogens is 220 g/mol. The predicted molar refractivity (Wildman–Crippen MR) is 65.9 cm³/mol. The topological polar surface area (TPSA) is 74.6 Å². The van der Waals surface area contributed by atoms with Gasteiger partial charge in [0.25, 0.3) is 0 Å². The van der Waals surface area contributed by atoms with Crippen molar-refractivity contribution in [1.82, 2.24) is 0 Å². The summed E-state index contributed by atoms with van der Waals surface area (Å²) < 4.78 is 0. The van der Waals surface area contributed by atoms with E-state index in [1.54, 1.807) is 13.8 Å². The average Bonchev–Trinajstić information content (AvgIpc) is 2.27. The highest BCUT2D eigenvalue weighted by Gasteiger charge is 2.53. The molecule has 0 saturated heterocycles. The highest BCUT2D eigenvalue weighted by Crippen LogP contribution is 2.46. The molecule has 0 radical (unpaired) electrons. The van der Waals surface area contributed by atoms with Crippen LogP contribution in [0.5, 0.6) is 0 Å². The predicted octanol–water partition coefficient (Wildman–Crippen LogP) is 3.16. The lowest BCUT2D eigenvalue weighted by Gasteiger charge is -2.39. The average molecular weight is 244 g/mol. The van der Waals surface area contributed by atoms with Crippen molar-refractivity contribution < 1.29 is 19.8 Å². The number of hydrogen-bond donors (Lipinski definition) is 2. The van der Waals surface area contributed by atoms with E-state index in [0.717, 1.165) is 19.3 Å². The maximum absolute atomic E-state index is 11.5. The van der Waals surface area contributed by atoms with Gasteiger partial charge in [-0.2, -0.15) is 0 Å². The highest BCUT2D eigenvalue weighted by atomic mass is 16.4. The third-order valence-corrected chi connectivity index (χ3v) is 4.15. The van der Waals surface area contributed by atoms with Crippen LogP contribution in [0.25, 0.3) is 0 Å². The lowest BCUT2D eigenvalue weighted by atomic mass is 9.61. The van der Waals surface area contributed by atoms with Crippen LogP contribution in [0.1, 0.15) is 59.8 Å². The van der Waals surface area contributed by atoms with Gasteiger partial charge >= 0.3 is 11.9 Å². The van der Waals surface area contributed by atoms with Gasteiger partial charge in [-0.3, -0.25) is 9.59 Å². The smallest absolute Gasteiger partial charge is 0.310 e. The molecule has 0 aromatic heterocycles. The molecule has 0 bridgehead atoms. The summed E-state index contributed by atoms with van der Waals surface area (Å²) in [6.45, 7) is 6.86. The minimum Gasteiger partial charge on any atom is -0.481 e. The van der Waals surface area contributed by atoms with Crippen molar-refractivity contribution in [3.8, 4) is 0 Å². The second-order valence-electron chi connectivity index (χ2n) is 5.09. The van der Waals surface area contributed by atoms with E-state index in [-0.39, 0.29) is 0 Å². The number of carbonyl (C=O) groups is 2. The van der Waals surface area contributed by atoms with Gasteiger partial charge in [-0.25, -0.2) is 0 Å². The summed E-state index contributed by atoms with van der Waals surface area (Å²) >= 11 is 0. The van der Waals surface area contributed by atoms with E-state index >= 15 is 0 Å². The fourth-order valence-electron chi connectivity index (χ4n) is 2.12. The zero-order valence-electron chi connectivity index (χ0n) is 11.2. The molecule has 4 nitrogen and oxygen atoms in total. The van der Waals surface area contributed by atoms with Crippen molar-refractivity contribution in [2.45, 2.75) is 59.8 Å². The third kappa shape index (κ3) is 2.99. The Bertz CT molecular complexity index is 287. The summed E-state index contributed by atoms with van der Waals surface area (Å²) in [6.07, 6.45) is 3.40. The normalized spacial score (nSPS) is 18.1. The number of hydrogen-bond acceptors (Lipinski definition) is 2. The van der Waals surface area contributed by atoms with Crippen LogP contribution in [0.3, 0.4) is 0 Å². The van der Waals surface area contributed by atoms with Gasteiger partial charge in [-0.05, 0) is 26.7 Å². The summed E-state index contributed by atoms with van der Waals surface area (Å²) in [6, 6.07) is 0. The molecule has 0 saturated carbocycles. The molecule has 0 spiro atoms. The first-order valence-electron chi connectivity index (χ1n) is 6.23. The quantitative estimate of drug-likeness (QED) is 0.643. The van der Waals surface area contributed by atoms with Crippen LogP contribution >= 0.6 is 0 Å². The van der Waals surface area contributed by atoms with Crippen LogP contribution in [0.4, 0.5) is 0 Å². The fourth-order valence-corrected chi connectivity index (χ4v) is 2.12. The van der Waals surface area contributed by atoms with Crippen LogP contribution in [0, 0.1) is 10.8 Å². The van der Waals surface area contributed by atoms with Crippen molar-refractivity contribution in [3.63, 3.8) is 0 Å². The molecule has 2 atom stereocenters. The van der Waals surface area contributed by atoms with Gasteiger partial charge in [-0.1, -0.05) is 33.1 Å². The van der Waals surface area contributed by atoms with E-state index < -0.39 is 22.8 Å². The SMILES string of the molecule is CCCCCC(C)(C(=O)O)C(C)(CC)C(=O)O. The summed E-state index contributed by atoms with van der Waals surface area (Å²) in [5.74, 6) is -2.04. The summed E-state index contributed by atoms with van der Waals surface area (Å²) in [7, 11) is 0. The molecule has 2 unspecified atom stereocenters. The molecule has 0 fully saturated rings. The number of carboxylic acids is 2. The van der Waals surface area contributed by atoms with Crippen LogP contribution < -0.4 is 0 Å². The molecule has 100 valence electrons. The van der Waals surface area contributed by atoms with Crippen molar-refractivity contribution in [2.24, 2.45) is 10.8 Å². The molecule has 0 aliphatic heterocycles. The minimum atomic E-state index is -1.22. The van der Waals surface area contributed by atoms with Crippen molar-refractivity contribution in [3.05, 3.63) is 0 Å². The van der Waals surface area contributed by atoms with Crippen LogP contribution in [0.2, 0.25) is 0 Å². The van der Waals surface area contributed by atoms with Gasteiger partial charge in [0.2, 0.25) is 0 Å². The summed E-state index contributed by atoms with van der Waals surface area (Å²) in [5.41, 5.74) is -2.42. The zero-order valence-corrected chi connectivity index (χ0v) is 11.2. The van der Waals surface area contributed by atoms with Gasteiger partial charge in [-0.15, -0.1) is 0 Å². The molecule has 4 heteroatoms. The Balaban J connectivity index is 5.17. The maximum atomic E-state index is 11.5. The first kappa shape index (κ1) is 15.9. The van der Waals surface area contributed by atoms with E-state index in [1.165, 1.54) is 6.92 Å². The minimum absolute atomic E-state index is 0.317. The Labute approximate surface area is 103 Å². The number of aliphatic carboxylic acids is 2. The standard InChI is InChI=1S/C13H24O4/c1-5-7-8-9-13(4,11(16)17)12(3,6-2)10(14)15/h5-9H2,1-4H3,(H,14,15)(H,16,17). The Morgan fingerprint density at radius 3 is 1.71 bits per heavy atom. The van der Waals surface area contributed by atoms with E-state index in [2.05, 4.69) is 0 Å². The molecule has 2 N–H and O–H groups in total. The molecule has 0 aromatic rings. The Morgan fingerprint density at radius 1 is 0.941 bits per heavy atom. The van der Waals surface area contributed by atoms with Crippen molar-refractivity contribution >= 4 is 11.9 Å². The first-order valence-corrected chi connectivity index (χ1v) is 6.23. The first-order chi connectivity index (χ1) is 7.76. The molecule has 0 aromatic carbocycles. The van der Waals surface area contributed by atoms with Gasteiger partial charge < -0.3 is 10.2 Å². The third-order valence-electron chi connectivity index (χ3n) is 4.15. The summed E-state index contributed by atoms with van der Waals surface area (Å²) in [4.78, 5) is 22.8. The Morgan fingerprint density at radius 2 is 1.41 bits per heavy atom. The molecule has 0 aliphatic carbocycles. The summed E-state index contributed by atoms with van der Waals surface area (Å²) in [5, 5.41) is 18.7. The van der Waals surface area contributed by atoms with E-state index in [0.29, 0.717) is 12.8 Å². The van der Waals surface area contributed by atoms with Crippen molar-refractivity contribution in [1.29, 1.82) is 0 Å². The van der Waals surface area contributed by atoms with Gasteiger partial charge in [0.1, 0.15) is 0 Å². The van der Waals surface area contributed by atoms with Gasteiger partial charge in [0, 0.05) is 0 Å². The van der Waals surface area contributed by atoms with E-state index in [1.807, 2.05) is 6.92 Å². The maximum Gasteiger partial charge on any atom is 0.310 e. The van der Waals surface area contributed by atoms with Gasteiger partial charge in [0.05, 0.1) is 10.8 Å².